The van der Waals surface area contributed by atoms with E-state index in [0.717, 1.165) is 22.6 Å². The maximum Gasteiger partial charge on any atom is 0.127 e. The van der Waals surface area contributed by atoms with Crippen molar-refractivity contribution in [1.82, 2.24) is 0 Å². The predicted octanol–water partition coefficient (Wildman–Crippen LogP) is 4.95. The van der Waals surface area contributed by atoms with Crippen molar-refractivity contribution in [2.24, 2.45) is 0 Å². The van der Waals surface area contributed by atoms with Gasteiger partial charge in [0, 0.05) is 0 Å². The van der Waals surface area contributed by atoms with E-state index in [2.05, 4.69) is 6.07 Å². The van der Waals surface area contributed by atoms with Gasteiger partial charge in [0.05, 0.1) is 0 Å². The lowest BCUT2D eigenvalue weighted by atomic mass is 10.1. The number of hydrogen-bond acceptors (Lipinski definition) is 1. The summed E-state index contributed by atoms with van der Waals surface area (Å²) < 4.78 is 5.76. The van der Waals surface area contributed by atoms with Crippen LogP contribution in [0.4, 0.5) is 0 Å². The van der Waals surface area contributed by atoms with Crippen molar-refractivity contribution in [2.75, 3.05) is 0 Å². The molecule has 3 aromatic rings. The Labute approximate surface area is 113 Å². The Balaban J connectivity index is 1.80. The van der Waals surface area contributed by atoms with Gasteiger partial charge in [-0.15, -0.1) is 0 Å². The zero-order valence-corrected chi connectivity index (χ0v) is 10.4. The minimum absolute atomic E-state index is 0.839. The average molecular weight is 245 g/mol. The summed E-state index contributed by atoms with van der Waals surface area (Å²) in [6.45, 7) is 0. The van der Waals surface area contributed by atoms with Crippen LogP contribution in [0.1, 0.15) is 0 Å². The molecule has 0 aliphatic rings. The van der Waals surface area contributed by atoms with Crippen LogP contribution in [0.15, 0.2) is 78.9 Å². The molecule has 0 heterocycles. The minimum Gasteiger partial charge on any atom is -0.457 e. The third-order valence-electron chi connectivity index (χ3n) is 2.85. The van der Waals surface area contributed by atoms with Crippen LogP contribution in [-0.2, 0) is 0 Å². The average Bonchev–Trinajstić information content (AvgIpc) is 2.50. The standard InChI is InChI=1S/C18H13O/c1-3-7-15(8-4-1)16-11-13-18(14-12-16)19-17-9-5-2-6-10-17/h1-7,9-14H. The van der Waals surface area contributed by atoms with Gasteiger partial charge in [0.25, 0.3) is 0 Å². The smallest absolute Gasteiger partial charge is 0.127 e. The second kappa shape index (κ2) is 5.40. The summed E-state index contributed by atoms with van der Waals surface area (Å²) in [6, 6.07) is 29.0. The molecule has 0 spiro atoms. The third-order valence-corrected chi connectivity index (χ3v) is 2.85. The molecule has 0 N–H and O–H groups in total. The fraction of sp³-hybridized carbons (Fsp3) is 0. The number of benzene rings is 3. The van der Waals surface area contributed by atoms with Crippen molar-refractivity contribution < 1.29 is 4.74 Å². The molecule has 91 valence electrons. The first-order valence-electron chi connectivity index (χ1n) is 6.22. The Bertz CT molecular complexity index is 628. The van der Waals surface area contributed by atoms with E-state index in [-0.39, 0.29) is 0 Å². The molecule has 0 unspecified atom stereocenters. The summed E-state index contributed by atoms with van der Waals surface area (Å²) in [6.07, 6.45) is 0. The lowest BCUT2D eigenvalue weighted by Crippen LogP contribution is -1.84. The van der Waals surface area contributed by atoms with E-state index in [1.54, 1.807) is 0 Å². The van der Waals surface area contributed by atoms with Crippen LogP contribution < -0.4 is 4.74 Å². The highest BCUT2D eigenvalue weighted by Gasteiger charge is 1.99. The highest BCUT2D eigenvalue weighted by atomic mass is 16.5. The van der Waals surface area contributed by atoms with Gasteiger partial charge in [-0.05, 0) is 41.5 Å². The molecule has 0 fully saturated rings. The number of para-hydroxylation sites is 1. The molecule has 1 nitrogen and oxygen atoms in total. The van der Waals surface area contributed by atoms with Gasteiger partial charge in [-0.2, -0.15) is 0 Å². The second-order valence-corrected chi connectivity index (χ2v) is 4.22. The summed E-state index contributed by atoms with van der Waals surface area (Å²) in [5.74, 6) is 1.69. The number of ether oxygens (including phenoxy) is 1. The summed E-state index contributed by atoms with van der Waals surface area (Å²) in [7, 11) is 0. The number of hydrogen-bond donors (Lipinski definition) is 0. The van der Waals surface area contributed by atoms with Gasteiger partial charge in [0.1, 0.15) is 11.5 Å². The maximum absolute atomic E-state index is 5.76. The van der Waals surface area contributed by atoms with Gasteiger partial charge in [-0.1, -0.05) is 54.6 Å². The largest absolute Gasteiger partial charge is 0.457 e. The fourth-order valence-corrected chi connectivity index (χ4v) is 1.90. The summed E-state index contributed by atoms with van der Waals surface area (Å²) in [4.78, 5) is 0. The summed E-state index contributed by atoms with van der Waals surface area (Å²) in [5.41, 5.74) is 2.23. The molecule has 0 bridgehead atoms. The predicted molar refractivity (Wildman–Crippen MR) is 77.2 cm³/mol. The van der Waals surface area contributed by atoms with Crippen molar-refractivity contribution in [2.45, 2.75) is 0 Å². The summed E-state index contributed by atoms with van der Waals surface area (Å²) in [5, 5.41) is 0. The lowest BCUT2D eigenvalue weighted by molar-refractivity contribution is 0.483. The lowest BCUT2D eigenvalue weighted by Gasteiger charge is -2.06. The first-order valence-corrected chi connectivity index (χ1v) is 6.22. The molecule has 1 heteroatoms. The fourth-order valence-electron chi connectivity index (χ4n) is 1.90. The molecule has 3 aromatic carbocycles. The van der Waals surface area contributed by atoms with Crippen LogP contribution in [0.5, 0.6) is 11.5 Å². The Kier molecular flexibility index (Phi) is 3.28. The third kappa shape index (κ3) is 2.83. The highest BCUT2D eigenvalue weighted by Crippen LogP contribution is 2.25. The molecular weight excluding hydrogens is 232 g/mol. The van der Waals surface area contributed by atoms with Crippen LogP contribution in [0.2, 0.25) is 0 Å². The van der Waals surface area contributed by atoms with Crippen LogP contribution in [0, 0.1) is 6.07 Å². The first-order chi connectivity index (χ1) is 9.42. The van der Waals surface area contributed by atoms with E-state index < -0.39 is 0 Å². The molecule has 0 aliphatic heterocycles. The molecular formula is C18H13O. The highest BCUT2D eigenvalue weighted by molar-refractivity contribution is 5.63. The van der Waals surface area contributed by atoms with Gasteiger partial charge in [-0.3, -0.25) is 0 Å². The monoisotopic (exact) mass is 245 g/mol. The first kappa shape index (κ1) is 11.5. The molecule has 0 atom stereocenters. The van der Waals surface area contributed by atoms with Crippen LogP contribution in [0.3, 0.4) is 0 Å². The van der Waals surface area contributed by atoms with E-state index in [1.165, 1.54) is 0 Å². The Morgan fingerprint density at radius 1 is 0.632 bits per heavy atom. The van der Waals surface area contributed by atoms with Gasteiger partial charge in [0.2, 0.25) is 0 Å². The SMILES string of the molecule is [c]1ccccc1-c1ccc(Oc2ccccc2)cc1. The van der Waals surface area contributed by atoms with Gasteiger partial charge >= 0.3 is 0 Å². The Morgan fingerprint density at radius 3 is 2.00 bits per heavy atom. The van der Waals surface area contributed by atoms with Crippen molar-refractivity contribution in [3.8, 4) is 22.6 Å². The normalized spacial score (nSPS) is 10.1. The topological polar surface area (TPSA) is 9.23 Å². The summed E-state index contributed by atoms with van der Waals surface area (Å²) >= 11 is 0. The van der Waals surface area contributed by atoms with Gasteiger partial charge < -0.3 is 4.74 Å². The van der Waals surface area contributed by atoms with Gasteiger partial charge in [0.15, 0.2) is 0 Å². The molecule has 0 saturated heterocycles. The molecule has 0 amide bonds. The molecule has 1 radical (unpaired) electrons. The van der Waals surface area contributed by atoms with Crippen molar-refractivity contribution in [3.63, 3.8) is 0 Å². The zero-order chi connectivity index (χ0) is 12.9. The van der Waals surface area contributed by atoms with Crippen LogP contribution >= 0.6 is 0 Å². The van der Waals surface area contributed by atoms with E-state index in [0.29, 0.717) is 0 Å². The van der Waals surface area contributed by atoms with Crippen LogP contribution in [0.25, 0.3) is 11.1 Å². The number of rotatable bonds is 3. The minimum atomic E-state index is 0.839. The van der Waals surface area contributed by atoms with E-state index in [4.69, 9.17) is 4.74 Å². The van der Waals surface area contributed by atoms with Crippen LogP contribution in [-0.4, -0.2) is 0 Å². The second-order valence-electron chi connectivity index (χ2n) is 4.22. The van der Waals surface area contributed by atoms with Gasteiger partial charge in [-0.25, -0.2) is 0 Å². The molecule has 3 rings (SSSR count). The Morgan fingerprint density at radius 2 is 1.32 bits per heavy atom. The van der Waals surface area contributed by atoms with E-state index in [9.17, 15) is 0 Å². The molecule has 0 saturated carbocycles. The van der Waals surface area contributed by atoms with E-state index in [1.807, 2.05) is 78.9 Å². The van der Waals surface area contributed by atoms with E-state index >= 15 is 0 Å². The molecule has 0 aromatic heterocycles. The van der Waals surface area contributed by atoms with Crippen molar-refractivity contribution in [3.05, 3.63) is 84.9 Å². The molecule has 0 aliphatic carbocycles. The maximum atomic E-state index is 5.76. The molecule has 19 heavy (non-hydrogen) atoms. The quantitative estimate of drug-likeness (QED) is 0.634. The van der Waals surface area contributed by atoms with Crippen molar-refractivity contribution >= 4 is 0 Å². The van der Waals surface area contributed by atoms with Crippen molar-refractivity contribution in [1.29, 1.82) is 0 Å². The zero-order valence-electron chi connectivity index (χ0n) is 10.4. The Hall–Kier alpha value is -2.54.